The first-order valence-corrected chi connectivity index (χ1v) is 12.2. The molecule has 2 heterocycles. The van der Waals surface area contributed by atoms with Gasteiger partial charge in [0.1, 0.15) is 24.8 Å². The van der Waals surface area contributed by atoms with Crippen LogP contribution in [0.25, 0.3) is 0 Å². The predicted molar refractivity (Wildman–Crippen MR) is 131 cm³/mol. The van der Waals surface area contributed by atoms with Crippen molar-refractivity contribution in [3.63, 3.8) is 0 Å². The van der Waals surface area contributed by atoms with Crippen molar-refractivity contribution in [2.75, 3.05) is 33.4 Å². The van der Waals surface area contributed by atoms with Crippen molar-refractivity contribution in [3.8, 4) is 23.0 Å². The van der Waals surface area contributed by atoms with Crippen LogP contribution in [0.2, 0.25) is 0 Å². The second-order valence-corrected chi connectivity index (χ2v) is 9.14. The van der Waals surface area contributed by atoms with Crippen LogP contribution in [0.3, 0.4) is 0 Å². The van der Waals surface area contributed by atoms with E-state index in [1.807, 2.05) is 0 Å². The Balaban J connectivity index is 1.57. The summed E-state index contributed by atoms with van der Waals surface area (Å²) in [5.74, 6) is -4.79. The zero-order valence-electron chi connectivity index (χ0n) is 20.9. The van der Waals surface area contributed by atoms with Gasteiger partial charge in [-0.2, -0.15) is 0 Å². The van der Waals surface area contributed by atoms with Gasteiger partial charge in [-0.15, -0.1) is 0 Å². The molecule has 4 rings (SSSR count). The number of nitrogens with zero attached hydrogens (tertiary/aromatic N) is 2. The van der Waals surface area contributed by atoms with Crippen molar-refractivity contribution in [2.24, 2.45) is 0 Å². The Morgan fingerprint density at radius 1 is 1.21 bits per heavy atom. The van der Waals surface area contributed by atoms with Gasteiger partial charge in [0, 0.05) is 44.2 Å². The lowest BCUT2D eigenvalue weighted by Gasteiger charge is -2.26. The summed E-state index contributed by atoms with van der Waals surface area (Å²) in [6, 6.07) is 3.68. The van der Waals surface area contributed by atoms with Gasteiger partial charge < -0.3 is 39.8 Å². The molecule has 0 radical (unpaired) electrons. The van der Waals surface area contributed by atoms with E-state index in [1.165, 1.54) is 13.1 Å². The maximum atomic E-state index is 14.9. The van der Waals surface area contributed by atoms with E-state index in [0.29, 0.717) is 26.0 Å². The van der Waals surface area contributed by atoms with E-state index in [0.717, 1.165) is 23.6 Å². The van der Waals surface area contributed by atoms with E-state index in [1.54, 1.807) is 12.1 Å². The third-order valence-corrected chi connectivity index (χ3v) is 6.76. The summed E-state index contributed by atoms with van der Waals surface area (Å²) in [6.45, 7) is 2.75. The molecule has 0 aromatic heterocycles. The summed E-state index contributed by atoms with van der Waals surface area (Å²) in [6.07, 6.45) is 0.652. The fourth-order valence-corrected chi connectivity index (χ4v) is 4.71. The highest BCUT2D eigenvalue weighted by Gasteiger charge is 2.42. The fraction of sp³-hybridized carbons (Fsp3) is 0.423. The van der Waals surface area contributed by atoms with Gasteiger partial charge in [-0.1, -0.05) is 12.1 Å². The lowest BCUT2D eigenvalue weighted by Crippen LogP contribution is -2.46. The van der Waals surface area contributed by atoms with Crippen molar-refractivity contribution >= 4 is 18.1 Å². The Morgan fingerprint density at radius 3 is 2.61 bits per heavy atom. The van der Waals surface area contributed by atoms with Gasteiger partial charge >= 0.3 is 0 Å². The topological polar surface area (TPSA) is 149 Å². The number of morpholine rings is 1. The summed E-state index contributed by atoms with van der Waals surface area (Å²) in [5.41, 5.74) is 0.645. The molecule has 11 nitrogen and oxygen atoms in total. The molecule has 1 atom stereocenters. The van der Waals surface area contributed by atoms with Gasteiger partial charge in [0.15, 0.2) is 11.5 Å². The van der Waals surface area contributed by atoms with E-state index in [2.05, 4.69) is 10.2 Å². The van der Waals surface area contributed by atoms with E-state index in [9.17, 15) is 34.1 Å². The van der Waals surface area contributed by atoms with Crippen LogP contribution >= 0.6 is 0 Å². The molecule has 2 aromatic carbocycles. The van der Waals surface area contributed by atoms with E-state index < -0.39 is 40.9 Å². The van der Waals surface area contributed by atoms with Crippen LogP contribution in [0, 0.1) is 5.82 Å². The van der Waals surface area contributed by atoms with Gasteiger partial charge in [0.05, 0.1) is 25.3 Å². The quantitative estimate of drug-likeness (QED) is 0.264. The van der Waals surface area contributed by atoms with Crippen LogP contribution in [0.1, 0.15) is 39.9 Å². The standard InChI is InChI=1S/C26H30FN3O8/c1-28-25(35)19(3-2-8-31)30-13-17-20(26(30)36)21(32)22(33)23(34)24(17)38-14-16-5-4-15(11-18(16)27)12-29-6-9-37-10-7-29/h4-5,8,11,19,32-34H,2-3,6-7,9-10,12-14H2,1H3,(H,28,35). The molecular formula is C26H30FN3O8. The number of carbonyl (C=O) groups is 3. The highest BCUT2D eigenvalue weighted by molar-refractivity contribution is 6.05. The van der Waals surface area contributed by atoms with Gasteiger partial charge in [0.2, 0.25) is 17.4 Å². The molecule has 12 heteroatoms. The molecule has 1 saturated heterocycles. The summed E-state index contributed by atoms with van der Waals surface area (Å²) in [4.78, 5) is 39.8. The van der Waals surface area contributed by atoms with Crippen molar-refractivity contribution in [1.29, 1.82) is 0 Å². The highest BCUT2D eigenvalue weighted by Crippen LogP contribution is 2.51. The molecule has 0 bridgehead atoms. The maximum Gasteiger partial charge on any atom is 0.259 e. The first kappa shape index (κ1) is 27.1. The number of aldehydes is 1. The van der Waals surface area contributed by atoms with Gasteiger partial charge in [-0.3, -0.25) is 14.5 Å². The molecule has 0 saturated carbocycles. The summed E-state index contributed by atoms with van der Waals surface area (Å²) in [5, 5.41) is 33.7. The normalized spacial score (nSPS) is 16.3. The molecule has 2 aliphatic heterocycles. The Hall–Kier alpha value is -3.90. The number of carbonyl (C=O) groups excluding carboxylic acids is 3. The first-order chi connectivity index (χ1) is 18.3. The number of hydrogen-bond donors (Lipinski definition) is 4. The number of phenols is 3. The lowest BCUT2D eigenvalue weighted by atomic mass is 10.1. The second-order valence-electron chi connectivity index (χ2n) is 9.14. The number of nitrogens with one attached hydrogen (secondary N) is 1. The van der Waals surface area contributed by atoms with Crippen molar-refractivity contribution < 1.29 is 43.6 Å². The Labute approximate surface area is 218 Å². The maximum absolute atomic E-state index is 14.9. The van der Waals surface area contributed by atoms with Crippen LogP contribution in [-0.4, -0.2) is 82.6 Å². The highest BCUT2D eigenvalue weighted by atomic mass is 19.1. The van der Waals surface area contributed by atoms with Crippen molar-refractivity contribution in [3.05, 3.63) is 46.3 Å². The third-order valence-electron chi connectivity index (χ3n) is 6.76. The zero-order valence-corrected chi connectivity index (χ0v) is 20.9. The van der Waals surface area contributed by atoms with Crippen LogP contribution in [0.5, 0.6) is 23.0 Å². The van der Waals surface area contributed by atoms with Gasteiger partial charge in [-0.25, -0.2) is 4.39 Å². The molecular weight excluding hydrogens is 501 g/mol. The molecule has 4 N–H and O–H groups in total. The predicted octanol–water partition coefficient (Wildman–Crippen LogP) is 1.40. The average molecular weight is 532 g/mol. The number of benzene rings is 2. The Bertz CT molecular complexity index is 1230. The lowest BCUT2D eigenvalue weighted by molar-refractivity contribution is -0.125. The average Bonchev–Trinajstić information content (AvgIpc) is 3.25. The number of likely N-dealkylation sites (N-methyl/N-ethyl adjacent to an activating group) is 1. The van der Waals surface area contributed by atoms with Crippen LogP contribution in [0.4, 0.5) is 4.39 Å². The summed E-state index contributed by atoms with van der Waals surface area (Å²) >= 11 is 0. The van der Waals surface area contributed by atoms with Crippen molar-refractivity contribution in [1.82, 2.24) is 15.1 Å². The Kier molecular flexibility index (Phi) is 8.32. The van der Waals surface area contributed by atoms with Gasteiger partial charge in [-0.05, 0) is 18.1 Å². The SMILES string of the molecule is CNC(=O)C(CCC=O)N1Cc2c(OCc3ccc(CN4CCOCC4)cc3F)c(O)c(O)c(O)c2C1=O. The number of amides is 2. The molecule has 204 valence electrons. The monoisotopic (exact) mass is 531 g/mol. The molecule has 1 unspecified atom stereocenters. The minimum absolute atomic E-state index is 0.00482. The van der Waals surface area contributed by atoms with Crippen LogP contribution < -0.4 is 10.1 Å². The molecule has 0 aliphatic carbocycles. The van der Waals surface area contributed by atoms with E-state index >= 15 is 0 Å². The summed E-state index contributed by atoms with van der Waals surface area (Å²) < 4.78 is 25.9. The van der Waals surface area contributed by atoms with Gasteiger partial charge in [0.25, 0.3) is 5.91 Å². The number of fused-ring (bicyclic) bond motifs is 1. The smallest absolute Gasteiger partial charge is 0.259 e. The largest absolute Gasteiger partial charge is 0.504 e. The van der Waals surface area contributed by atoms with E-state index in [4.69, 9.17) is 9.47 Å². The fourth-order valence-electron chi connectivity index (χ4n) is 4.71. The number of hydrogen-bond acceptors (Lipinski definition) is 9. The molecule has 2 amide bonds. The number of phenolic OH excluding ortho intramolecular Hbond substituents is 3. The molecule has 0 spiro atoms. The molecule has 38 heavy (non-hydrogen) atoms. The number of halogens is 1. The first-order valence-electron chi connectivity index (χ1n) is 12.2. The molecule has 2 aromatic rings. The van der Waals surface area contributed by atoms with Crippen LogP contribution in [0.15, 0.2) is 18.2 Å². The number of ether oxygens (including phenoxy) is 2. The molecule has 1 fully saturated rings. The summed E-state index contributed by atoms with van der Waals surface area (Å²) in [7, 11) is 1.38. The van der Waals surface area contributed by atoms with Crippen LogP contribution in [-0.2, 0) is 34.0 Å². The minimum atomic E-state index is -1.04. The third kappa shape index (κ3) is 5.36. The van der Waals surface area contributed by atoms with Crippen molar-refractivity contribution in [2.45, 2.75) is 38.6 Å². The molecule has 2 aliphatic rings. The Morgan fingerprint density at radius 2 is 1.95 bits per heavy atom. The minimum Gasteiger partial charge on any atom is -0.504 e. The number of aromatic hydroxyl groups is 3. The van der Waals surface area contributed by atoms with E-state index in [-0.39, 0.29) is 48.4 Å². The second kappa shape index (κ2) is 11.7. The zero-order chi connectivity index (χ0) is 27.4. The number of rotatable bonds is 10.